The molecule has 0 spiro atoms. The molecule has 158 valence electrons. The second-order valence-corrected chi connectivity index (χ2v) is 7.51. The number of nitrogens with one attached hydrogen (secondary N) is 1. The van der Waals surface area contributed by atoms with Gasteiger partial charge in [-0.25, -0.2) is 0 Å². The summed E-state index contributed by atoms with van der Waals surface area (Å²) in [4.78, 5) is 12.4. The molecule has 1 amide bonds. The first-order valence-electron chi connectivity index (χ1n) is 8.95. The molecule has 1 N–H and O–H groups in total. The van der Waals surface area contributed by atoms with Crippen molar-refractivity contribution in [2.24, 2.45) is 0 Å². The van der Waals surface area contributed by atoms with Crippen LogP contribution in [0.25, 0.3) is 5.69 Å². The molecule has 0 saturated heterocycles. The molecular weight excluding hydrogens is 419 g/mol. The van der Waals surface area contributed by atoms with Gasteiger partial charge >= 0.3 is 6.36 Å². The highest BCUT2D eigenvalue weighted by atomic mass is 32.2. The predicted molar refractivity (Wildman–Crippen MR) is 104 cm³/mol. The Balaban J connectivity index is 1.57. The van der Waals surface area contributed by atoms with Gasteiger partial charge in [-0.15, -0.1) is 18.3 Å². The third kappa shape index (κ3) is 6.21. The number of carbonyl (C=O) groups excluding carboxylic acids is 1. The molecule has 0 aliphatic carbocycles. The Bertz CT molecular complexity index is 964. The maximum atomic E-state index is 12.4. The number of ether oxygens (including phenoxy) is 1. The van der Waals surface area contributed by atoms with Gasteiger partial charge in [0.05, 0.1) is 10.9 Å². The fourth-order valence-corrected chi connectivity index (χ4v) is 3.37. The summed E-state index contributed by atoms with van der Waals surface area (Å²) in [5.41, 5.74) is 1.56. The molecular formula is C19H18F3N5O2S. The Morgan fingerprint density at radius 1 is 1.17 bits per heavy atom. The molecule has 0 aliphatic heterocycles. The molecule has 0 aliphatic rings. The first-order chi connectivity index (χ1) is 14.3. The van der Waals surface area contributed by atoms with Gasteiger partial charge in [-0.05, 0) is 53.6 Å². The minimum atomic E-state index is -4.76. The lowest BCUT2D eigenvalue weighted by Crippen LogP contribution is -2.32. The van der Waals surface area contributed by atoms with Gasteiger partial charge in [0.25, 0.3) is 0 Å². The number of alkyl halides is 3. The Kier molecular flexibility index (Phi) is 6.93. The van der Waals surface area contributed by atoms with E-state index in [1.807, 2.05) is 30.3 Å². The molecule has 0 bridgehead atoms. The second-order valence-electron chi connectivity index (χ2n) is 6.20. The Morgan fingerprint density at radius 3 is 2.53 bits per heavy atom. The molecule has 1 atom stereocenters. The molecule has 0 fully saturated rings. The van der Waals surface area contributed by atoms with E-state index in [0.717, 1.165) is 17.3 Å². The van der Waals surface area contributed by atoms with Crippen LogP contribution in [0.15, 0.2) is 59.8 Å². The van der Waals surface area contributed by atoms with Crippen molar-refractivity contribution in [2.45, 2.75) is 30.1 Å². The van der Waals surface area contributed by atoms with Gasteiger partial charge in [-0.3, -0.25) is 4.79 Å². The molecule has 3 rings (SSSR count). The number of thioether (sulfide) groups is 1. The number of carbonyl (C=O) groups is 1. The smallest absolute Gasteiger partial charge is 0.406 e. The van der Waals surface area contributed by atoms with E-state index in [9.17, 15) is 18.0 Å². The van der Waals surface area contributed by atoms with Gasteiger partial charge in [0.1, 0.15) is 5.75 Å². The van der Waals surface area contributed by atoms with Crippen molar-refractivity contribution < 1.29 is 22.7 Å². The monoisotopic (exact) mass is 437 g/mol. The number of hydrogen-bond donors (Lipinski definition) is 1. The van der Waals surface area contributed by atoms with Crippen LogP contribution in [-0.4, -0.2) is 44.3 Å². The Hall–Kier alpha value is -3.08. The van der Waals surface area contributed by atoms with Crippen LogP contribution in [0.3, 0.4) is 0 Å². The van der Waals surface area contributed by atoms with E-state index in [-0.39, 0.29) is 11.7 Å². The normalized spacial score (nSPS) is 12.4. The van der Waals surface area contributed by atoms with E-state index >= 15 is 0 Å². The van der Waals surface area contributed by atoms with Gasteiger partial charge in [-0.2, -0.15) is 4.68 Å². The maximum absolute atomic E-state index is 12.4. The summed E-state index contributed by atoms with van der Waals surface area (Å²) < 4.78 is 42.0. The van der Waals surface area contributed by atoms with Gasteiger partial charge in [0, 0.05) is 6.54 Å². The summed E-state index contributed by atoms with van der Waals surface area (Å²) in [5, 5.41) is 14.1. The summed E-state index contributed by atoms with van der Waals surface area (Å²) in [6.45, 7) is 2.22. The van der Waals surface area contributed by atoms with E-state index in [1.54, 1.807) is 6.92 Å². The molecule has 7 nitrogen and oxygen atoms in total. The Morgan fingerprint density at radius 2 is 1.87 bits per heavy atom. The van der Waals surface area contributed by atoms with Crippen LogP contribution in [0.1, 0.15) is 12.5 Å². The molecule has 1 aromatic heterocycles. The topological polar surface area (TPSA) is 81.9 Å². The number of tetrazole rings is 1. The fourth-order valence-electron chi connectivity index (χ4n) is 2.53. The molecule has 1 unspecified atom stereocenters. The highest BCUT2D eigenvalue weighted by molar-refractivity contribution is 8.00. The van der Waals surface area contributed by atoms with E-state index < -0.39 is 11.6 Å². The largest absolute Gasteiger partial charge is 0.573 e. The number of amides is 1. The van der Waals surface area contributed by atoms with E-state index in [0.29, 0.717) is 23.8 Å². The number of halogens is 3. The number of nitrogens with zero attached hydrogens (tertiary/aromatic N) is 4. The van der Waals surface area contributed by atoms with Crippen molar-refractivity contribution in [3.05, 3.63) is 60.2 Å². The lowest BCUT2D eigenvalue weighted by Gasteiger charge is -2.12. The van der Waals surface area contributed by atoms with Crippen molar-refractivity contribution in [1.29, 1.82) is 0 Å². The van der Waals surface area contributed by atoms with Crippen LogP contribution in [0.2, 0.25) is 0 Å². The van der Waals surface area contributed by atoms with E-state index in [4.69, 9.17) is 0 Å². The molecule has 30 heavy (non-hydrogen) atoms. The number of rotatable bonds is 8. The third-order valence-electron chi connectivity index (χ3n) is 3.96. The SMILES string of the molecule is CC(Sc1nnnn1-c1ccc(OC(F)(F)F)cc1)C(=O)NCCc1ccccc1. The summed E-state index contributed by atoms with van der Waals surface area (Å²) in [6.07, 6.45) is -4.05. The predicted octanol–water partition coefficient (Wildman–Crippen LogP) is 3.40. The quantitative estimate of drug-likeness (QED) is 0.544. The van der Waals surface area contributed by atoms with E-state index in [2.05, 4.69) is 25.6 Å². The fraction of sp³-hybridized carbons (Fsp3) is 0.263. The minimum absolute atomic E-state index is 0.167. The average Bonchev–Trinajstić information content (AvgIpc) is 3.16. The maximum Gasteiger partial charge on any atom is 0.573 e. The van der Waals surface area contributed by atoms with Crippen molar-refractivity contribution in [3.8, 4) is 11.4 Å². The summed E-state index contributed by atoms with van der Waals surface area (Å²) in [6, 6.07) is 14.9. The molecule has 11 heteroatoms. The van der Waals surface area contributed by atoms with Gasteiger partial charge in [0.15, 0.2) is 0 Å². The molecule has 0 radical (unpaired) electrons. The minimum Gasteiger partial charge on any atom is -0.406 e. The van der Waals surface area contributed by atoms with Crippen molar-refractivity contribution in [3.63, 3.8) is 0 Å². The van der Waals surface area contributed by atoms with Crippen LogP contribution in [0.5, 0.6) is 5.75 Å². The third-order valence-corrected chi connectivity index (χ3v) is 5.00. The summed E-state index contributed by atoms with van der Waals surface area (Å²) in [5.74, 6) is -0.515. The van der Waals surface area contributed by atoms with Crippen LogP contribution in [0, 0.1) is 0 Å². The summed E-state index contributed by atoms with van der Waals surface area (Å²) in [7, 11) is 0. The molecule has 0 saturated carbocycles. The van der Waals surface area contributed by atoms with Gasteiger partial charge in [-0.1, -0.05) is 42.1 Å². The highest BCUT2D eigenvalue weighted by Crippen LogP contribution is 2.26. The van der Waals surface area contributed by atoms with Crippen LogP contribution < -0.4 is 10.1 Å². The zero-order chi connectivity index (χ0) is 21.6. The zero-order valence-corrected chi connectivity index (χ0v) is 16.7. The van der Waals surface area contributed by atoms with E-state index in [1.165, 1.54) is 28.9 Å². The second kappa shape index (κ2) is 9.61. The van der Waals surface area contributed by atoms with Crippen LogP contribution in [0.4, 0.5) is 13.2 Å². The lowest BCUT2D eigenvalue weighted by atomic mass is 10.1. The van der Waals surface area contributed by atoms with Crippen molar-refractivity contribution in [1.82, 2.24) is 25.5 Å². The molecule has 3 aromatic rings. The summed E-state index contributed by atoms with van der Waals surface area (Å²) >= 11 is 1.14. The Labute approximate surface area is 174 Å². The van der Waals surface area contributed by atoms with Crippen molar-refractivity contribution in [2.75, 3.05) is 6.54 Å². The molecule has 1 heterocycles. The van der Waals surface area contributed by atoms with Crippen molar-refractivity contribution >= 4 is 17.7 Å². The number of hydrogen-bond acceptors (Lipinski definition) is 6. The first-order valence-corrected chi connectivity index (χ1v) is 9.82. The number of benzene rings is 2. The van der Waals surface area contributed by atoms with Crippen LogP contribution in [-0.2, 0) is 11.2 Å². The first kappa shape index (κ1) is 21.6. The van der Waals surface area contributed by atoms with Gasteiger partial charge < -0.3 is 10.1 Å². The average molecular weight is 437 g/mol. The van der Waals surface area contributed by atoms with Crippen LogP contribution >= 0.6 is 11.8 Å². The van der Waals surface area contributed by atoms with Gasteiger partial charge in [0.2, 0.25) is 11.1 Å². The number of aromatic nitrogens is 4. The standard InChI is InChI=1S/C19H18F3N5O2S/c1-13(17(28)23-12-11-14-5-3-2-4-6-14)30-18-24-25-26-27(18)15-7-9-16(10-8-15)29-19(20,21)22/h2-10,13H,11-12H2,1H3,(H,23,28). The lowest BCUT2D eigenvalue weighted by molar-refractivity contribution is -0.274. The molecule has 2 aromatic carbocycles. The zero-order valence-electron chi connectivity index (χ0n) is 15.8. The highest BCUT2D eigenvalue weighted by Gasteiger charge is 2.31.